The van der Waals surface area contributed by atoms with E-state index in [-0.39, 0.29) is 11.3 Å². The van der Waals surface area contributed by atoms with Crippen LogP contribution in [0.3, 0.4) is 0 Å². The molecule has 8 unspecified atom stereocenters. The normalized spacial score (nSPS) is 47.6. The van der Waals surface area contributed by atoms with Gasteiger partial charge >= 0.3 is 0 Å². The van der Waals surface area contributed by atoms with Crippen LogP contribution in [-0.4, -0.2) is 26.2 Å². The van der Waals surface area contributed by atoms with Crippen LogP contribution >= 0.6 is 0 Å². The molecule has 148 valence electrons. The number of ether oxygens (including phenoxy) is 1. The quantitative estimate of drug-likeness (QED) is 0.791. The van der Waals surface area contributed by atoms with Gasteiger partial charge in [0.1, 0.15) is 0 Å². The van der Waals surface area contributed by atoms with E-state index in [1.807, 2.05) is 7.05 Å². The molecule has 0 bridgehead atoms. The number of fused-ring (bicyclic) bond motifs is 5. The van der Waals surface area contributed by atoms with Crippen molar-refractivity contribution in [2.24, 2.45) is 46.8 Å². The molecule has 0 aromatic rings. The summed E-state index contributed by atoms with van der Waals surface area (Å²) in [7, 11) is 1.82. The lowest BCUT2D eigenvalue weighted by atomic mass is 9.49. The van der Waals surface area contributed by atoms with Gasteiger partial charge in [0.05, 0.1) is 0 Å². The predicted molar refractivity (Wildman–Crippen MR) is 105 cm³/mol. The van der Waals surface area contributed by atoms with Crippen LogP contribution in [0.25, 0.3) is 0 Å². The summed E-state index contributed by atoms with van der Waals surface area (Å²) in [6, 6.07) is 0. The minimum absolute atomic E-state index is 0.262. The van der Waals surface area contributed by atoms with E-state index in [0.29, 0.717) is 5.91 Å². The maximum atomic E-state index is 12.5. The van der Waals surface area contributed by atoms with E-state index < -0.39 is 0 Å². The van der Waals surface area contributed by atoms with Gasteiger partial charge in [0.25, 0.3) is 0 Å². The summed E-state index contributed by atoms with van der Waals surface area (Å²) in [5.41, 5.74) is 0.264. The molecule has 4 saturated carbocycles. The van der Waals surface area contributed by atoms with Gasteiger partial charge in [-0.05, 0) is 106 Å². The standard InChI is InChI=1S/C23H39NO2/c1-4-26-14-15-5-7-17-16(13-15)6-8-19-18(17)11-12-23(2)20(19)9-10-21(23)22(25)24-3/h15-21H,4-14H2,1-3H3,(H,24,25). The fourth-order valence-electron chi connectivity index (χ4n) is 7.99. The maximum absolute atomic E-state index is 12.5. The van der Waals surface area contributed by atoms with Crippen LogP contribution in [-0.2, 0) is 9.53 Å². The molecule has 4 aliphatic carbocycles. The van der Waals surface area contributed by atoms with E-state index in [4.69, 9.17) is 4.74 Å². The second kappa shape index (κ2) is 7.45. The van der Waals surface area contributed by atoms with Crippen LogP contribution in [0.15, 0.2) is 0 Å². The molecule has 0 heterocycles. The lowest BCUT2D eigenvalue weighted by molar-refractivity contribution is -0.132. The molecule has 0 aromatic carbocycles. The Kier molecular flexibility index (Phi) is 5.38. The molecule has 1 amide bonds. The van der Waals surface area contributed by atoms with Crippen LogP contribution in [0.1, 0.15) is 71.6 Å². The summed E-state index contributed by atoms with van der Waals surface area (Å²) < 4.78 is 5.74. The minimum Gasteiger partial charge on any atom is -0.381 e. The summed E-state index contributed by atoms with van der Waals surface area (Å²) >= 11 is 0. The Morgan fingerprint density at radius 1 is 1.04 bits per heavy atom. The molecular weight excluding hydrogens is 322 g/mol. The van der Waals surface area contributed by atoms with Crippen molar-refractivity contribution in [3.8, 4) is 0 Å². The number of rotatable bonds is 4. The van der Waals surface area contributed by atoms with Crippen molar-refractivity contribution in [3.63, 3.8) is 0 Å². The first-order valence-electron chi connectivity index (χ1n) is 11.4. The average molecular weight is 362 g/mol. The molecule has 4 rings (SSSR count). The van der Waals surface area contributed by atoms with Crippen molar-refractivity contribution in [2.75, 3.05) is 20.3 Å². The molecule has 3 heteroatoms. The fraction of sp³-hybridized carbons (Fsp3) is 0.957. The third-order valence-electron chi connectivity index (χ3n) is 9.18. The monoisotopic (exact) mass is 361 g/mol. The summed E-state index contributed by atoms with van der Waals surface area (Å²) in [5, 5.41) is 2.95. The number of amides is 1. The van der Waals surface area contributed by atoms with E-state index >= 15 is 0 Å². The van der Waals surface area contributed by atoms with Crippen molar-refractivity contribution in [1.82, 2.24) is 5.32 Å². The second-order valence-corrected chi connectivity index (χ2v) is 10.1. The lowest BCUT2D eigenvalue weighted by Crippen LogP contribution is -2.50. The van der Waals surface area contributed by atoms with Gasteiger partial charge in [-0.25, -0.2) is 0 Å². The Hall–Kier alpha value is -0.570. The predicted octanol–water partition coefficient (Wildman–Crippen LogP) is 4.65. The Morgan fingerprint density at radius 2 is 1.85 bits per heavy atom. The molecule has 4 fully saturated rings. The largest absolute Gasteiger partial charge is 0.381 e. The van der Waals surface area contributed by atoms with E-state index in [1.54, 1.807) is 0 Å². The van der Waals surface area contributed by atoms with Crippen LogP contribution in [0.5, 0.6) is 0 Å². The van der Waals surface area contributed by atoms with E-state index in [0.717, 1.165) is 55.1 Å². The fourth-order valence-corrected chi connectivity index (χ4v) is 7.99. The van der Waals surface area contributed by atoms with Gasteiger partial charge in [-0.1, -0.05) is 6.92 Å². The summed E-state index contributed by atoms with van der Waals surface area (Å²) in [6.07, 6.45) is 12.2. The van der Waals surface area contributed by atoms with Crippen LogP contribution < -0.4 is 5.32 Å². The Labute approximate surface area is 160 Å². The first kappa shape index (κ1) is 18.8. The molecule has 8 atom stereocenters. The van der Waals surface area contributed by atoms with Crippen molar-refractivity contribution < 1.29 is 9.53 Å². The smallest absolute Gasteiger partial charge is 0.223 e. The summed E-state index contributed by atoms with van der Waals surface area (Å²) in [4.78, 5) is 12.5. The van der Waals surface area contributed by atoms with Gasteiger partial charge in [-0.2, -0.15) is 0 Å². The SMILES string of the molecule is CCOCC1CCC2C(CCC3C2CCC2(C)C(C(=O)NC)CCC32)C1. The van der Waals surface area contributed by atoms with Crippen molar-refractivity contribution >= 4 is 5.91 Å². The molecule has 0 radical (unpaired) electrons. The van der Waals surface area contributed by atoms with Gasteiger partial charge in [0, 0.05) is 26.2 Å². The highest BCUT2D eigenvalue weighted by Gasteiger charge is 2.58. The molecule has 4 aliphatic rings. The zero-order valence-corrected chi connectivity index (χ0v) is 17.1. The zero-order valence-electron chi connectivity index (χ0n) is 17.1. The number of hydrogen-bond acceptors (Lipinski definition) is 2. The summed E-state index contributed by atoms with van der Waals surface area (Å²) in [5.74, 6) is 5.94. The number of carbonyl (C=O) groups excluding carboxylic acids is 1. The Bertz CT molecular complexity index is 520. The number of nitrogens with one attached hydrogen (secondary N) is 1. The first-order valence-corrected chi connectivity index (χ1v) is 11.4. The van der Waals surface area contributed by atoms with Crippen molar-refractivity contribution in [3.05, 3.63) is 0 Å². The zero-order chi connectivity index (χ0) is 18.3. The topological polar surface area (TPSA) is 38.3 Å². The highest BCUT2D eigenvalue weighted by molar-refractivity contribution is 5.79. The Morgan fingerprint density at radius 3 is 2.62 bits per heavy atom. The van der Waals surface area contributed by atoms with E-state index in [9.17, 15) is 4.79 Å². The van der Waals surface area contributed by atoms with Crippen LogP contribution in [0.4, 0.5) is 0 Å². The molecule has 0 spiro atoms. The third-order valence-corrected chi connectivity index (χ3v) is 9.18. The molecule has 0 aliphatic heterocycles. The minimum atomic E-state index is 0.262. The highest BCUT2D eigenvalue weighted by Crippen LogP contribution is 2.64. The van der Waals surface area contributed by atoms with Gasteiger partial charge in [0.2, 0.25) is 5.91 Å². The van der Waals surface area contributed by atoms with Crippen LogP contribution in [0, 0.1) is 46.8 Å². The number of carbonyl (C=O) groups is 1. The molecule has 3 nitrogen and oxygen atoms in total. The third kappa shape index (κ3) is 3.02. The Balaban J connectivity index is 1.45. The molecular formula is C23H39NO2. The van der Waals surface area contributed by atoms with Crippen molar-refractivity contribution in [2.45, 2.75) is 71.6 Å². The van der Waals surface area contributed by atoms with Gasteiger partial charge < -0.3 is 10.1 Å². The second-order valence-electron chi connectivity index (χ2n) is 10.1. The van der Waals surface area contributed by atoms with Crippen molar-refractivity contribution in [1.29, 1.82) is 0 Å². The highest BCUT2D eigenvalue weighted by atomic mass is 16.5. The van der Waals surface area contributed by atoms with Gasteiger partial charge in [-0.3, -0.25) is 4.79 Å². The maximum Gasteiger partial charge on any atom is 0.223 e. The average Bonchev–Trinajstić information content (AvgIpc) is 3.02. The van der Waals surface area contributed by atoms with Gasteiger partial charge in [0.15, 0.2) is 0 Å². The van der Waals surface area contributed by atoms with E-state index in [2.05, 4.69) is 19.2 Å². The molecule has 1 N–H and O–H groups in total. The molecule has 26 heavy (non-hydrogen) atoms. The van der Waals surface area contributed by atoms with E-state index in [1.165, 1.54) is 51.4 Å². The van der Waals surface area contributed by atoms with Crippen LogP contribution in [0.2, 0.25) is 0 Å². The summed E-state index contributed by atoms with van der Waals surface area (Å²) in [6.45, 7) is 6.42. The van der Waals surface area contributed by atoms with Gasteiger partial charge in [-0.15, -0.1) is 0 Å². The lowest BCUT2D eigenvalue weighted by Gasteiger charge is -2.56. The molecule has 0 saturated heterocycles. The first-order chi connectivity index (χ1) is 12.6. The molecule has 0 aromatic heterocycles. The number of hydrogen-bond donors (Lipinski definition) is 1.